The third-order valence-corrected chi connectivity index (χ3v) is 6.48. The normalized spacial score (nSPS) is 15.1. The van der Waals surface area contributed by atoms with Crippen molar-refractivity contribution in [1.82, 2.24) is 10.2 Å². The molecule has 1 atom stereocenters. The fourth-order valence-corrected chi connectivity index (χ4v) is 4.35. The number of hydrogen-bond acceptors (Lipinski definition) is 3. The van der Waals surface area contributed by atoms with E-state index in [2.05, 4.69) is 5.32 Å². The average molecular weight is 489 g/mol. The molecular weight excluding hydrogens is 459 g/mol. The minimum Gasteiger partial charge on any atom is -0.480 e. The van der Waals surface area contributed by atoms with Gasteiger partial charge in [0.25, 0.3) is 0 Å². The molecule has 34 heavy (non-hydrogen) atoms. The second-order valence-electron chi connectivity index (χ2n) is 8.78. The summed E-state index contributed by atoms with van der Waals surface area (Å²) in [6.45, 7) is 1.14. The van der Waals surface area contributed by atoms with Crippen LogP contribution < -0.4 is 5.32 Å². The van der Waals surface area contributed by atoms with E-state index in [0.717, 1.165) is 11.1 Å². The number of amides is 2. The van der Waals surface area contributed by atoms with Crippen LogP contribution in [0.3, 0.4) is 0 Å². The van der Waals surface area contributed by atoms with E-state index in [0.29, 0.717) is 56.6 Å². The van der Waals surface area contributed by atoms with Crippen LogP contribution in [0.25, 0.3) is 0 Å². The summed E-state index contributed by atoms with van der Waals surface area (Å²) in [4.78, 5) is 38.4. The van der Waals surface area contributed by atoms with E-state index in [4.69, 9.17) is 11.6 Å². The maximum atomic E-state index is 13.3. The van der Waals surface area contributed by atoms with Crippen LogP contribution in [-0.2, 0) is 27.2 Å². The standard InChI is InChI=1S/C26H30ClFN2O4/c27-21-8-4-18(5-9-21)6-10-23(26(33)34)29-24(31)17-20-12-14-30(15-13-20)25(32)11-7-19-2-1-3-22(28)16-19/h1-5,8-9,16,20,23H,6-7,10-15,17H2,(H,29,31)(H,33,34)/t23-/m0/s1. The number of aryl methyl sites for hydroxylation is 2. The van der Waals surface area contributed by atoms with Crippen molar-refractivity contribution >= 4 is 29.4 Å². The molecule has 0 bridgehead atoms. The number of carbonyl (C=O) groups is 3. The van der Waals surface area contributed by atoms with E-state index in [-0.39, 0.29) is 30.0 Å². The predicted octanol–water partition coefficient (Wildman–Crippen LogP) is 4.24. The molecule has 2 N–H and O–H groups in total. The van der Waals surface area contributed by atoms with Gasteiger partial charge in [0.2, 0.25) is 11.8 Å². The van der Waals surface area contributed by atoms with E-state index in [1.165, 1.54) is 12.1 Å². The van der Waals surface area contributed by atoms with Gasteiger partial charge >= 0.3 is 5.97 Å². The van der Waals surface area contributed by atoms with Gasteiger partial charge in [0.15, 0.2) is 0 Å². The summed E-state index contributed by atoms with van der Waals surface area (Å²) in [6.07, 6.45) is 3.26. The van der Waals surface area contributed by atoms with Gasteiger partial charge in [-0.3, -0.25) is 9.59 Å². The highest BCUT2D eigenvalue weighted by atomic mass is 35.5. The number of hydrogen-bond donors (Lipinski definition) is 2. The van der Waals surface area contributed by atoms with Crippen molar-refractivity contribution in [3.8, 4) is 0 Å². The number of rotatable bonds is 10. The molecule has 0 spiro atoms. The van der Waals surface area contributed by atoms with Gasteiger partial charge in [0.05, 0.1) is 0 Å². The number of piperidine rings is 1. The summed E-state index contributed by atoms with van der Waals surface area (Å²) in [7, 11) is 0. The molecule has 0 radical (unpaired) electrons. The van der Waals surface area contributed by atoms with Gasteiger partial charge in [-0.15, -0.1) is 0 Å². The molecule has 3 rings (SSSR count). The van der Waals surface area contributed by atoms with Gasteiger partial charge in [-0.25, -0.2) is 9.18 Å². The van der Waals surface area contributed by atoms with Crippen LogP contribution in [0.2, 0.25) is 5.02 Å². The first-order chi connectivity index (χ1) is 16.3. The number of nitrogens with zero attached hydrogens (tertiary/aromatic N) is 1. The summed E-state index contributed by atoms with van der Waals surface area (Å²) >= 11 is 5.87. The second-order valence-corrected chi connectivity index (χ2v) is 9.22. The van der Waals surface area contributed by atoms with E-state index >= 15 is 0 Å². The number of likely N-dealkylation sites (tertiary alicyclic amines) is 1. The molecule has 182 valence electrons. The lowest BCUT2D eigenvalue weighted by Gasteiger charge is -2.32. The Morgan fingerprint density at radius 3 is 2.41 bits per heavy atom. The highest BCUT2D eigenvalue weighted by molar-refractivity contribution is 6.30. The van der Waals surface area contributed by atoms with Gasteiger partial charge in [0, 0.05) is 31.0 Å². The molecule has 2 aromatic carbocycles. The first-order valence-electron chi connectivity index (χ1n) is 11.6. The van der Waals surface area contributed by atoms with Crippen molar-refractivity contribution in [2.24, 2.45) is 5.92 Å². The quantitative estimate of drug-likeness (QED) is 0.523. The summed E-state index contributed by atoms with van der Waals surface area (Å²) in [6, 6.07) is 12.5. The predicted molar refractivity (Wildman–Crippen MR) is 128 cm³/mol. The van der Waals surface area contributed by atoms with Crippen LogP contribution >= 0.6 is 11.6 Å². The van der Waals surface area contributed by atoms with E-state index in [1.54, 1.807) is 29.2 Å². The molecule has 1 aliphatic rings. The number of carbonyl (C=O) groups excluding carboxylic acids is 2. The Hall–Kier alpha value is -2.93. The Balaban J connectivity index is 1.39. The topological polar surface area (TPSA) is 86.7 Å². The van der Waals surface area contributed by atoms with Crippen molar-refractivity contribution in [2.75, 3.05) is 13.1 Å². The molecule has 1 aliphatic heterocycles. The Labute approximate surface area is 204 Å². The summed E-state index contributed by atoms with van der Waals surface area (Å²) in [5.74, 6) is -1.50. The molecule has 1 heterocycles. The maximum absolute atomic E-state index is 13.3. The Morgan fingerprint density at radius 2 is 1.76 bits per heavy atom. The minimum absolute atomic E-state index is 0.0281. The van der Waals surface area contributed by atoms with Crippen molar-refractivity contribution in [3.63, 3.8) is 0 Å². The molecule has 1 fully saturated rings. The average Bonchev–Trinajstić information content (AvgIpc) is 2.81. The molecule has 6 nitrogen and oxygen atoms in total. The zero-order valence-corrected chi connectivity index (χ0v) is 19.8. The molecule has 0 aliphatic carbocycles. The van der Waals surface area contributed by atoms with Crippen LogP contribution in [0.5, 0.6) is 0 Å². The summed E-state index contributed by atoms with van der Waals surface area (Å²) in [5, 5.41) is 12.8. The lowest BCUT2D eigenvalue weighted by atomic mass is 9.92. The number of aliphatic carboxylic acids is 1. The van der Waals surface area contributed by atoms with Crippen LogP contribution in [-0.4, -0.2) is 46.9 Å². The number of benzene rings is 2. The zero-order chi connectivity index (χ0) is 24.5. The third kappa shape index (κ3) is 8.13. The molecule has 1 saturated heterocycles. The Kier molecular flexibility index (Phi) is 9.45. The van der Waals surface area contributed by atoms with Crippen LogP contribution in [0, 0.1) is 11.7 Å². The van der Waals surface area contributed by atoms with Gasteiger partial charge in [-0.1, -0.05) is 35.9 Å². The molecular formula is C26H30ClFN2O4. The van der Waals surface area contributed by atoms with E-state index < -0.39 is 12.0 Å². The van der Waals surface area contributed by atoms with Gasteiger partial charge in [0.1, 0.15) is 11.9 Å². The van der Waals surface area contributed by atoms with Gasteiger partial charge in [-0.05, 0) is 73.4 Å². The maximum Gasteiger partial charge on any atom is 0.326 e. The highest BCUT2D eigenvalue weighted by Crippen LogP contribution is 2.22. The zero-order valence-electron chi connectivity index (χ0n) is 19.0. The monoisotopic (exact) mass is 488 g/mol. The molecule has 0 saturated carbocycles. The molecule has 2 aromatic rings. The van der Waals surface area contributed by atoms with Crippen molar-refractivity contribution in [3.05, 3.63) is 70.5 Å². The van der Waals surface area contributed by atoms with Crippen LogP contribution in [0.4, 0.5) is 4.39 Å². The van der Waals surface area contributed by atoms with Crippen LogP contribution in [0.15, 0.2) is 48.5 Å². The molecule has 0 unspecified atom stereocenters. The largest absolute Gasteiger partial charge is 0.480 e. The number of carboxylic acid groups (broad SMARTS) is 1. The van der Waals surface area contributed by atoms with Crippen molar-refractivity contribution in [1.29, 1.82) is 0 Å². The first-order valence-corrected chi connectivity index (χ1v) is 12.0. The fourth-order valence-electron chi connectivity index (χ4n) is 4.22. The minimum atomic E-state index is -1.05. The van der Waals surface area contributed by atoms with Crippen LogP contribution in [0.1, 0.15) is 43.2 Å². The fraction of sp³-hybridized carbons (Fsp3) is 0.423. The number of nitrogens with one attached hydrogen (secondary N) is 1. The third-order valence-electron chi connectivity index (χ3n) is 6.23. The van der Waals surface area contributed by atoms with E-state index in [9.17, 15) is 23.9 Å². The number of halogens is 2. The second kappa shape index (κ2) is 12.5. The van der Waals surface area contributed by atoms with Crippen molar-refractivity contribution < 1.29 is 23.9 Å². The molecule has 2 amide bonds. The lowest BCUT2D eigenvalue weighted by Crippen LogP contribution is -2.43. The highest BCUT2D eigenvalue weighted by Gasteiger charge is 2.26. The lowest BCUT2D eigenvalue weighted by molar-refractivity contribution is -0.142. The smallest absolute Gasteiger partial charge is 0.326 e. The SMILES string of the molecule is O=C(CC1CCN(C(=O)CCc2cccc(F)c2)CC1)N[C@@H](CCc1ccc(Cl)cc1)C(=O)O. The summed E-state index contributed by atoms with van der Waals surface area (Å²) < 4.78 is 13.3. The van der Waals surface area contributed by atoms with Gasteiger partial charge < -0.3 is 15.3 Å². The van der Waals surface area contributed by atoms with E-state index in [1.807, 2.05) is 12.1 Å². The molecule has 8 heteroatoms. The summed E-state index contributed by atoms with van der Waals surface area (Å²) in [5.41, 5.74) is 1.75. The van der Waals surface area contributed by atoms with Gasteiger partial charge in [-0.2, -0.15) is 0 Å². The van der Waals surface area contributed by atoms with Crippen molar-refractivity contribution in [2.45, 2.75) is 51.0 Å². The first kappa shape index (κ1) is 25.7. The number of carboxylic acids is 1. The Bertz CT molecular complexity index is 991. The Morgan fingerprint density at radius 1 is 1.06 bits per heavy atom. The molecule has 0 aromatic heterocycles.